The van der Waals surface area contributed by atoms with Crippen molar-refractivity contribution in [2.24, 2.45) is 0 Å². The second kappa shape index (κ2) is 5.95. The molecule has 0 fully saturated rings. The van der Waals surface area contributed by atoms with Crippen LogP contribution in [0.25, 0.3) is 15.7 Å². The Morgan fingerprint density at radius 2 is 1.73 bits per heavy atom. The van der Waals surface area contributed by atoms with Crippen molar-refractivity contribution in [2.75, 3.05) is 0 Å². The molecule has 3 heteroatoms. The first-order valence-electron chi connectivity index (χ1n) is 9.21. The minimum Gasteiger partial charge on any atom is -0.320 e. The van der Waals surface area contributed by atoms with Gasteiger partial charge in [0, 0.05) is 45.2 Å². The van der Waals surface area contributed by atoms with Gasteiger partial charge < -0.3 is 4.40 Å². The number of thiophene rings is 1. The molecule has 0 saturated heterocycles. The number of nitrogens with zero attached hydrogens (tertiary/aromatic N) is 2. The fraction of sp³-hybridized carbons (Fsp3) is 0.348. The monoisotopic (exact) mass is 362 g/mol. The van der Waals surface area contributed by atoms with Crippen LogP contribution in [-0.4, -0.2) is 9.38 Å². The van der Waals surface area contributed by atoms with Crippen molar-refractivity contribution in [3.63, 3.8) is 0 Å². The highest BCUT2D eigenvalue weighted by atomic mass is 32.1. The molecule has 0 saturated carbocycles. The Balaban J connectivity index is 1.70. The summed E-state index contributed by atoms with van der Waals surface area (Å²) in [5.74, 6) is 0. The van der Waals surface area contributed by atoms with Gasteiger partial charge >= 0.3 is 0 Å². The molecule has 0 atom stereocenters. The summed E-state index contributed by atoms with van der Waals surface area (Å²) in [5.41, 5.74) is 3.91. The van der Waals surface area contributed by atoms with Crippen LogP contribution in [0.15, 0.2) is 54.7 Å². The van der Waals surface area contributed by atoms with E-state index in [0.717, 1.165) is 16.9 Å². The molecular weight excluding hydrogens is 336 g/mol. The zero-order valence-corrected chi connectivity index (χ0v) is 17.0. The van der Waals surface area contributed by atoms with Crippen molar-refractivity contribution in [1.29, 1.82) is 0 Å². The predicted octanol–water partition coefficient (Wildman–Crippen LogP) is 6.37. The standard InChI is InChI=1S/C23H26N2S/c1-22(2,3)20-14-16-11-12-17(24-21(16)26-20)15-23(4,5)19-10-6-8-18-9-7-13-25(18)19/h6-14H,15H2,1-5H3. The van der Waals surface area contributed by atoms with Crippen LogP contribution in [-0.2, 0) is 17.3 Å². The fourth-order valence-corrected chi connectivity index (χ4v) is 4.69. The van der Waals surface area contributed by atoms with Gasteiger partial charge in [0.1, 0.15) is 4.83 Å². The van der Waals surface area contributed by atoms with Gasteiger partial charge in [-0.05, 0) is 41.8 Å². The van der Waals surface area contributed by atoms with Crippen LogP contribution in [0.2, 0.25) is 0 Å². The second-order valence-electron chi connectivity index (χ2n) is 8.83. The fourth-order valence-electron chi connectivity index (χ4n) is 3.59. The van der Waals surface area contributed by atoms with E-state index in [1.165, 1.54) is 21.5 Å². The number of hydrogen-bond acceptors (Lipinski definition) is 2. The molecule has 2 nitrogen and oxygen atoms in total. The Kier molecular flexibility index (Phi) is 3.96. The van der Waals surface area contributed by atoms with E-state index >= 15 is 0 Å². The van der Waals surface area contributed by atoms with Gasteiger partial charge in [0.25, 0.3) is 0 Å². The Morgan fingerprint density at radius 3 is 2.50 bits per heavy atom. The first-order chi connectivity index (χ1) is 12.2. The van der Waals surface area contributed by atoms with Crippen LogP contribution in [0.3, 0.4) is 0 Å². The van der Waals surface area contributed by atoms with Crippen molar-refractivity contribution in [1.82, 2.24) is 9.38 Å². The lowest BCUT2D eigenvalue weighted by molar-refractivity contribution is 0.494. The van der Waals surface area contributed by atoms with Gasteiger partial charge in [-0.1, -0.05) is 46.8 Å². The number of hydrogen-bond donors (Lipinski definition) is 0. The Bertz CT molecular complexity index is 1080. The molecule has 0 aliphatic rings. The first kappa shape index (κ1) is 17.3. The van der Waals surface area contributed by atoms with Crippen molar-refractivity contribution in [3.05, 3.63) is 71.0 Å². The number of fused-ring (bicyclic) bond motifs is 2. The highest BCUT2D eigenvalue weighted by Gasteiger charge is 2.25. The van der Waals surface area contributed by atoms with Crippen LogP contribution >= 0.6 is 11.3 Å². The van der Waals surface area contributed by atoms with E-state index < -0.39 is 0 Å². The van der Waals surface area contributed by atoms with E-state index in [1.54, 1.807) is 0 Å². The van der Waals surface area contributed by atoms with Crippen LogP contribution in [0, 0.1) is 0 Å². The molecule has 0 amide bonds. The quantitative estimate of drug-likeness (QED) is 0.414. The van der Waals surface area contributed by atoms with Gasteiger partial charge in [-0.15, -0.1) is 11.3 Å². The van der Waals surface area contributed by atoms with Gasteiger partial charge in [-0.2, -0.15) is 0 Å². The zero-order valence-electron chi connectivity index (χ0n) is 16.2. The van der Waals surface area contributed by atoms with Gasteiger partial charge in [0.05, 0.1) is 0 Å². The number of pyridine rings is 2. The molecule has 0 aliphatic carbocycles. The van der Waals surface area contributed by atoms with Crippen molar-refractivity contribution < 1.29 is 0 Å². The minimum atomic E-state index is 0.00330. The normalized spacial score (nSPS) is 13.0. The lowest BCUT2D eigenvalue weighted by Gasteiger charge is -2.26. The Labute approximate surface area is 159 Å². The molecule has 4 aromatic heterocycles. The maximum atomic E-state index is 5.00. The minimum absolute atomic E-state index is 0.00330. The molecule has 0 N–H and O–H groups in total. The third-order valence-electron chi connectivity index (χ3n) is 5.06. The van der Waals surface area contributed by atoms with Crippen LogP contribution in [0.4, 0.5) is 0 Å². The summed E-state index contributed by atoms with van der Waals surface area (Å²) in [5, 5.41) is 1.26. The van der Waals surface area contributed by atoms with E-state index in [-0.39, 0.29) is 10.8 Å². The maximum absolute atomic E-state index is 5.00. The average molecular weight is 363 g/mol. The van der Waals surface area contributed by atoms with Crippen molar-refractivity contribution in [2.45, 2.75) is 51.9 Å². The highest BCUT2D eigenvalue weighted by Crippen LogP contribution is 2.34. The summed E-state index contributed by atoms with van der Waals surface area (Å²) in [7, 11) is 0. The molecule has 0 aliphatic heterocycles. The molecule has 0 radical (unpaired) electrons. The second-order valence-corrected chi connectivity index (χ2v) is 9.86. The molecule has 0 aromatic carbocycles. The Morgan fingerprint density at radius 1 is 0.962 bits per heavy atom. The van der Waals surface area contributed by atoms with Gasteiger partial charge in [0.2, 0.25) is 0 Å². The summed E-state index contributed by atoms with van der Waals surface area (Å²) >= 11 is 1.83. The number of aromatic nitrogens is 2. The third kappa shape index (κ3) is 3.05. The largest absolute Gasteiger partial charge is 0.320 e. The molecule has 4 aromatic rings. The molecule has 0 unspecified atom stereocenters. The topological polar surface area (TPSA) is 17.3 Å². The van der Waals surface area contributed by atoms with E-state index in [1.807, 2.05) is 11.3 Å². The molecule has 134 valence electrons. The van der Waals surface area contributed by atoms with Crippen molar-refractivity contribution >= 4 is 27.1 Å². The molecule has 0 bridgehead atoms. The van der Waals surface area contributed by atoms with E-state index in [2.05, 4.69) is 93.7 Å². The molecule has 26 heavy (non-hydrogen) atoms. The summed E-state index contributed by atoms with van der Waals surface area (Å²) < 4.78 is 2.29. The lowest BCUT2D eigenvalue weighted by atomic mass is 9.83. The third-order valence-corrected chi connectivity index (χ3v) is 6.53. The molecular formula is C23H26N2S. The molecule has 4 rings (SSSR count). The van der Waals surface area contributed by atoms with Crippen LogP contribution in [0.1, 0.15) is 50.9 Å². The average Bonchev–Trinajstić information content (AvgIpc) is 3.19. The smallest absolute Gasteiger partial charge is 0.123 e. The zero-order chi connectivity index (χ0) is 18.5. The summed E-state index contributed by atoms with van der Waals surface area (Å²) in [4.78, 5) is 7.55. The first-order valence-corrected chi connectivity index (χ1v) is 10.0. The predicted molar refractivity (Wildman–Crippen MR) is 112 cm³/mol. The van der Waals surface area contributed by atoms with Gasteiger partial charge in [0.15, 0.2) is 0 Å². The molecule has 4 heterocycles. The SMILES string of the molecule is CC(C)(C)c1cc2ccc(CC(C)(C)c3cccc4cccn34)nc2s1. The highest BCUT2D eigenvalue weighted by molar-refractivity contribution is 7.18. The van der Waals surface area contributed by atoms with Crippen molar-refractivity contribution in [3.8, 4) is 0 Å². The molecule has 0 spiro atoms. The summed E-state index contributed by atoms with van der Waals surface area (Å²) in [6.45, 7) is 11.4. The van der Waals surface area contributed by atoms with E-state index in [0.29, 0.717) is 0 Å². The summed E-state index contributed by atoms with van der Waals surface area (Å²) in [6, 6.07) is 17.5. The maximum Gasteiger partial charge on any atom is 0.123 e. The van der Waals surface area contributed by atoms with Crippen LogP contribution in [0.5, 0.6) is 0 Å². The van der Waals surface area contributed by atoms with E-state index in [9.17, 15) is 0 Å². The van der Waals surface area contributed by atoms with Gasteiger partial charge in [-0.3, -0.25) is 0 Å². The van der Waals surface area contributed by atoms with E-state index in [4.69, 9.17) is 4.98 Å². The van der Waals surface area contributed by atoms with Crippen LogP contribution < -0.4 is 0 Å². The van der Waals surface area contributed by atoms with Gasteiger partial charge in [-0.25, -0.2) is 4.98 Å². The Hall–Kier alpha value is -2.13. The number of rotatable bonds is 3. The summed E-state index contributed by atoms with van der Waals surface area (Å²) in [6.07, 6.45) is 3.07. The lowest BCUT2D eigenvalue weighted by Crippen LogP contribution is -2.24.